The Bertz CT molecular complexity index is 706. The maximum atomic E-state index is 12.4. The number of nitrogens with zero attached hydrogens (tertiary/aromatic N) is 3. The van der Waals surface area contributed by atoms with Crippen LogP contribution in [0.2, 0.25) is 0 Å². The molecule has 0 saturated carbocycles. The van der Waals surface area contributed by atoms with Gasteiger partial charge in [0, 0.05) is 43.8 Å². The molecule has 21 heavy (non-hydrogen) atoms. The summed E-state index contributed by atoms with van der Waals surface area (Å²) >= 11 is 0. The quantitative estimate of drug-likeness (QED) is 0.805. The molecule has 0 aliphatic carbocycles. The minimum Gasteiger partial charge on any atom is -0.399 e. The number of rotatable bonds is 3. The zero-order valence-electron chi connectivity index (χ0n) is 11.4. The molecule has 8 heteroatoms. The summed E-state index contributed by atoms with van der Waals surface area (Å²) in [6, 6.07) is 7.62. The maximum Gasteiger partial charge on any atom is 0.246 e. The summed E-state index contributed by atoms with van der Waals surface area (Å²) in [5, 5.41) is 6.24. The number of sulfonamides is 1. The van der Waals surface area contributed by atoms with Gasteiger partial charge < -0.3 is 10.6 Å². The summed E-state index contributed by atoms with van der Waals surface area (Å²) in [7, 11) is -3.44. The van der Waals surface area contributed by atoms with Gasteiger partial charge >= 0.3 is 0 Å². The number of anilines is 2. The molecular formula is C13H17N5O2S. The van der Waals surface area contributed by atoms with E-state index in [0.717, 1.165) is 5.69 Å². The number of piperazine rings is 1. The molecule has 0 unspecified atom stereocenters. The first kappa shape index (κ1) is 13.9. The molecule has 3 rings (SSSR count). The summed E-state index contributed by atoms with van der Waals surface area (Å²) in [6.07, 6.45) is 2.74. The number of hydrogen-bond donors (Lipinski definition) is 2. The topological polar surface area (TPSA) is 95.3 Å². The van der Waals surface area contributed by atoms with Crippen LogP contribution in [0.25, 0.3) is 0 Å². The Morgan fingerprint density at radius 3 is 2.57 bits per heavy atom. The lowest BCUT2D eigenvalue weighted by Gasteiger charge is -2.35. The van der Waals surface area contributed by atoms with Crippen molar-refractivity contribution in [1.29, 1.82) is 0 Å². The number of hydrogen-bond acceptors (Lipinski definition) is 5. The first-order valence-corrected chi connectivity index (χ1v) is 8.11. The van der Waals surface area contributed by atoms with Crippen LogP contribution in [0.1, 0.15) is 0 Å². The first-order chi connectivity index (χ1) is 10.1. The van der Waals surface area contributed by atoms with Crippen LogP contribution < -0.4 is 10.6 Å². The highest BCUT2D eigenvalue weighted by Crippen LogP contribution is 2.21. The predicted molar refractivity (Wildman–Crippen MR) is 80.4 cm³/mol. The van der Waals surface area contributed by atoms with E-state index in [2.05, 4.69) is 15.1 Å². The first-order valence-electron chi connectivity index (χ1n) is 6.67. The highest BCUT2D eigenvalue weighted by atomic mass is 32.2. The van der Waals surface area contributed by atoms with Gasteiger partial charge in [-0.1, -0.05) is 6.07 Å². The maximum absolute atomic E-state index is 12.4. The second-order valence-electron chi connectivity index (χ2n) is 4.92. The molecule has 1 saturated heterocycles. The normalized spacial score (nSPS) is 17.0. The monoisotopic (exact) mass is 307 g/mol. The van der Waals surface area contributed by atoms with Crippen LogP contribution in [0.4, 0.5) is 11.4 Å². The number of nitrogens with one attached hydrogen (secondary N) is 1. The van der Waals surface area contributed by atoms with E-state index in [4.69, 9.17) is 5.73 Å². The smallest absolute Gasteiger partial charge is 0.246 e. The minimum absolute atomic E-state index is 0.208. The molecule has 0 atom stereocenters. The summed E-state index contributed by atoms with van der Waals surface area (Å²) in [4.78, 5) is 2.34. The van der Waals surface area contributed by atoms with Gasteiger partial charge in [0.05, 0.1) is 6.20 Å². The van der Waals surface area contributed by atoms with Gasteiger partial charge in [-0.2, -0.15) is 9.40 Å². The van der Waals surface area contributed by atoms with Crippen molar-refractivity contribution in [1.82, 2.24) is 14.5 Å². The van der Waals surface area contributed by atoms with Gasteiger partial charge in [-0.25, -0.2) is 8.42 Å². The number of aromatic nitrogens is 2. The molecule has 3 N–H and O–H groups in total. The summed E-state index contributed by atoms with van der Waals surface area (Å²) in [5.41, 5.74) is 7.52. The molecule has 0 spiro atoms. The number of aromatic amines is 1. The molecule has 1 aromatic carbocycles. The number of nitrogens with two attached hydrogens (primary N) is 1. The van der Waals surface area contributed by atoms with E-state index >= 15 is 0 Å². The molecule has 0 amide bonds. The lowest BCUT2D eigenvalue weighted by molar-refractivity contribution is 0.385. The number of benzene rings is 1. The van der Waals surface area contributed by atoms with Crippen molar-refractivity contribution < 1.29 is 8.42 Å². The van der Waals surface area contributed by atoms with E-state index in [9.17, 15) is 8.42 Å². The van der Waals surface area contributed by atoms with Crippen molar-refractivity contribution in [2.75, 3.05) is 36.8 Å². The third kappa shape index (κ3) is 2.72. The van der Waals surface area contributed by atoms with E-state index in [1.54, 1.807) is 0 Å². The van der Waals surface area contributed by atoms with Gasteiger partial charge in [0.25, 0.3) is 0 Å². The second kappa shape index (κ2) is 5.38. The molecule has 1 aliphatic heterocycles. The summed E-state index contributed by atoms with van der Waals surface area (Å²) in [6.45, 7) is 2.17. The Morgan fingerprint density at radius 1 is 1.19 bits per heavy atom. The standard InChI is InChI=1S/C13H17N5O2S/c14-11-2-1-3-12(8-11)17-4-6-18(7-5-17)21(19,20)13-9-15-16-10-13/h1-3,8-10H,4-7,14H2,(H,15,16). The Hall–Kier alpha value is -2.06. The van der Waals surface area contributed by atoms with Crippen LogP contribution in [0.3, 0.4) is 0 Å². The molecule has 2 aromatic rings. The van der Waals surface area contributed by atoms with E-state index in [1.165, 1.54) is 16.7 Å². The number of H-pyrrole nitrogens is 1. The number of nitrogen functional groups attached to an aromatic ring is 1. The summed E-state index contributed by atoms with van der Waals surface area (Å²) in [5.74, 6) is 0. The average Bonchev–Trinajstić information content (AvgIpc) is 3.02. The lowest BCUT2D eigenvalue weighted by atomic mass is 10.2. The van der Waals surface area contributed by atoms with Crippen molar-refractivity contribution in [2.24, 2.45) is 0 Å². The highest BCUT2D eigenvalue weighted by molar-refractivity contribution is 7.89. The van der Waals surface area contributed by atoms with E-state index in [-0.39, 0.29) is 4.90 Å². The van der Waals surface area contributed by atoms with E-state index < -0.39 is 10.0 Å². The Labute approximate surface area is 123 Å². The third-order valence-electron chi connectivity index (χ3n) is 3.58. The molecule has 1 aliphatic rings. The van der Waals surface area contributed by atoms with Crippen LogP contribution in [-0.4, -0.2) is 49.1 Å². The highest BCUT2D eigenvalue weighted by Gasteiger charge is 2.29. The fraction of sp³-hybridized carbons (Fsp3) is 0.308. The summed E-state index contributed by atoms with van der Waals surface area (Å²) < 4.78 is 26.2. The zero-order chi connectivity index (χ0) is 14.9. The van der Waals surface area contributed by atoms with Crippen LogP contribution in [0, 0.1) is 0 Å². The van der Waals surface area contributed by atoms with E-state index in [1.807, 2.05) is 24.3 Å². The Morgan fingerprint density at radius 2 is 1.95 bits per heavy atom. The molecule has 7 nitrogen and oxygen atoms in total. The van der Waals surface area contributed by atoms with Gasteiger partial charge in [-0.05, 0) is 18.2 Å². The van der Waals surface area contributed by atoms with Crippen LogP contribution in [0.15, 0.2) is 41.6 Å². The van der Waals surface area contributed by atoms with Crippen LogP contribution in [0.5, 0.6) is 0 Å². The van der Waals surface area contributed by atoms with Gasteiger partial charge in [-0.15, -0.1) is 0 Å². The van der Waals surface area contributed by atoms with Gasteiger partial charge in [0.1, 0.15) is 4.90 Å². The molecule has 1 aromatic heterocycles. The molecule has 2 heterocycles. The molecule has 1 fully saturated rings. The Balaban J connectivity index is 1.71. The molecule has 112 valence electrons. The van der Waals surface area contributed by atoms with Crippen molar-refractivity contribution in [3.8, 4) is 0 Å². The molecule has 0 bridgehead atoms. The van der Waals surface area contributed by atoms with Crippen molar-refractivity contribution >= 4 is 21.4 Å². The van der Waals surface area contributed by atoms with Crippen molar-refractivity contribution in [2.45, 2.75) is 4.90 Å². The predicted octanol–water partition coefficient (Wildman–Crippen LogP) is 0.503. The largest absolute Gasteiger partial charge is 0.399 e. The van der Waals surface area contributed by atoms with Gasteiger partial charge in [0.2, 0.25) is 10.0 Å². The van der Waals surface area contributed by atoms with Gasteiger partial charge in [-0.3, -0.25) is 5.10 Å². The average molecular weight is 307 g/mol. The third-order valence-corrected chi connectivity index (χ3v) is 5.45. The molecular weight excluding hydrogens is 290 g/mol. The van der Waals surface area contributed by atoms with Gasteiger partial charge in [0.15, 0.2) is 0 Å². The fourth-order valence-electron chi connectivity index (χ4n) is 2.44. The van der Waals surface area contributed by atoms with Crippen LogP contribution in [-0.2, 0) is 10.0 Å². The minimum atomic E-state index is -3.44. The zero-order valence-corrected chi connectivity index (χ0v) is 12.3. The molecule has 0 radical (unpaired) electrons. The SMILES string of the molecule is Nc1cccc(N2CCN(S(=O)(=O)c3cn[nH]c3)CC2)c1. The fourth-order valence-corrected chi connectivity index (χ4v) is 3.77. The van der Waals surface area contributed by atoms with Crippen LogP contribution >= 0.6 is 0 Å². The van der Waals surface area contributed by atoms with E-state index in [0.29, 0.717) is 31.9 Å². The van der Waals surface area contributed by atoms with Crippen molar-refractivity contribution in [3.63, 3.8) is 0 Å². The second-order valence-corrected chi connectivity index (χ2v) is 6.86. The lowest BCUT2D eigenvalue weighted by Crippen LogP contribution is -2.48. The van der Waals surface area contributed by atoms with Crippen molar-refractivity contribution in [3.05, 3.63) is 36.7 Å². The Kier molecular flexibility index (Phi) is 3.56.